The number of aromatic nitrogens is 2. The molecule has 6 nitrogen and oxygen atoms in total. The summed E-state index contributed by atoms with van der Waals surface area (Å²) in [5, 5.41) is 3.63. The molecule has 1 atom stereocenters. The van der Waals surface area contributed by atoms with Gasteiger partial charge in [-0.15, -0.1) is 0 Å². The van der Waals surface area contributed by atoms with Crippen molar-refractivity contribution in [3.8, 4) is 0 Å². The van der Waals surface area contributed by atoms with Crippen LogP contribution in [0, 0.1) is 5.92 Å². The minimum Gasteiger partial charge on any atom is -0.359 e. The van der Waals surface area contributed by atoms with Crippen molar-refractivity contribution in [2.45, 2.75) is 19.5 Å². The summed E-state index contributed by atoms with van der Waals surface area (Å²) >= 11 is 0. The van der Waals surface area contributed by atoms with Gasteiger partial charge in [0.2, 0.25) is 5.91 Å². The first-order valence-corrected chi connectivity index (χ1v) is 9.12. The molecular weight excluding hydrogens is 340 g/mol. The second-order valence-corrected chi connectivity index (χ2v) is 7.00. The molecule has 1 aliphatic heterocycles. The van der Waals surface area contributed by atoms with Crippen LogP contribution in [0.5, 0.6) is 0 Å². The summed E-state index contributed by atoms with van der Waals surface area (Å²) in [6, 6.07) is 13.7. The molecule has 0 fully saturated rings. The van der Waals surface area contributed by atoms with Crippen LogP contribution < -0.4 is 5.32 Å². The van der Waals surface area contributed by atoms with Crippen LogP contribution in [0.2, 0.25) is 0 Å². The number of benzene rings is 1. The van der Waals surface area contributed by atoms with Crippen LogP contribution in [0.3, 0.4) is 0 Å². The lowest BCUT2D eigenvalue weighted by Gasteiger charge is -2.24. The minimum absolute atomic E-state index is 0.00428. The molecule has 2 amide bonds. The van der Waals surface area contributed by atoms with Gasteiger partial charge in [0, 0.05) is 55.9 Å². The molecule has 0 spiro atoms. The number of nitrogens with one attached hydrogen (secondary N) is 1. The molecule has 0 radical (unpaired) electrons. The lowest BCUT2D eigenvalue weighted by atomic mass is 10.0. The fourth-order valence-corrected chi connectivity index (χ4v) is 3.70. The summed E-state index contributed by atoms with van der Waals surface area (Å²) < 4.78 is 2.14. The molecule has 1 aliphatic rings. The van der Waals surface area contributed by atoms with Gasteiger partial charge in [0.15, 0.2) is 0 Å². The fraction of sp³-hybridized carbons (Fsp3) is 0.286. The number of carbonyl (C=O) groups is 2. The number of pyridine rings is 1. The summed E-state index contributed by atoms with van der Waals surface area (Å²) in [7, 11) is 1.64. The maximum atomic E-state index is 13.2. The fourth-order valence-electron chi connectivity index (χ4n) is 3.70. The van der Waals surface area contributed by atoms with Crippen molar-refractivity contribution in [2.24, 2.45) is 5.92 Å². The Hall–Kier alpha value is -3.15. The van der Waals surface area contributed by atoms with E-state index in [1.54, 1.807) is 13.2 Å². The summed E-state index contributed by atoms with van der Waals surface area (Å²) in [6.07, 6.45) is 4.05. The van der Waals surface area contributed by atoms with Crippen molar-refractivity contribution in [1.29, 1.82) is 0 Å². The van der Waals surface area contributed by atoms with Gasteiger partial charge in [-0.3, -0.25) is 14.6 Å². The minimum atomic E-state index is -0.0511. The molecule has 4 rings (SSSR count). The van der Waals surface area contributed by atoms with Crippen molar-refractivity contribution in [2.75, 3.05) is 13.6 Å². The lowest BCUT2D eigenvalue weighted by molar-refractivity contribution is -0.121. The normalized spacial score (nSPS) is 16.6. The van der Waals surface area contributed by atoms with Gasteiger partial charge >= 0.3 is 0 Å². The monoisotopic (exact) mass is 362 g/mol. The molecule has 3 aromatic rings. The van der Waals surface area contributed by atoms with Crippen LogP contribution in [0.25, 0.3) is 10.9 Å². The zero-order valence-corrected chi connectivity index (χ0v) is 15.3. The Kier molecular flexibility index (Phi) is 4.62. The van der Waals surface area contributed by atoms with Gasteiger partial charge in [0.05, 0.1) is 17.6 Å². The van der Waals surface area contributed by atoms with Crippen molar-refractivity contribution in [1.82, 2.24) is 19.8 Å². The summed E-state index contributed by atoms with van der Waals surface area (Å²) in [5.41, 5.74) is 2.53. The van der Waals surface area contributed by atoms with E-state index in [-0.39, 0.29) is 17.7 Å². The predicted molar refractivity (Wildman–Crippen MR) is 103 cm³/mol. The number of rotatable bonds is 3. The van der Waals surface area contributed by atoms with Crippen LogP contribution in [-0.4, -0.2) is 39.9 Å². The molecule has 0 saturated heterocycles. The Bertz CT molecular complexity index is 995. The Labute approximate surface area is 157 Å². The van der Waals surface area contributed by atoms with Crippen molar-refractivity contribution in [3.05, 3.63) is 66.1 Å². The molecule has 0 bridgehead atoms. The van der Waals surface area contributed by atoms with E-state index >= 15 is 0 Å². The van der Waals surface area contributed by atoms with Gasteiger partial charge in [-0.25, -0.2) is 0 Å². The van der Waals surface area contributed by atoms with Gasteiger partial charge in [-0.1, -0.05) is 18.2 Å². The van der Waals surface area contributed by atoms with Gasteiger partial charge in [0.25, 0.3) is 5.91 Å². The first-order chi connectivity index (χ1) is 13.1. The van der Waals surface area contributed by atoms with E-state index in [4.69, 9.17) is 0 Å². The van der Waals surface area contributed by atoms with Gasteiger partial charge in [-0.05, 0) is 24.3 Å². The molecule has 0 saturated carbocycles. The van der Waals surface area contributed by atoms with Crippen molar-refractivity contribution in [3.63, 3.8) is 0 Å². The SMILES string of the molecule is CNC(=O)C[C@H]1CN(C(=O)c2cnc3ccccc3c2)Cc2cccn2C1. The number of nitrogens with zero attached hydrogens (tertiary/aromatic N) is 3. The maximum absolute atomic E-state index is 13.2. The number of carbonyl (C=O) groups excluding carboxylic acids is 2. The zero-order chi connectivity index (χ0) is 18.8. The standard InChI is InChI=1S/C21H22N4O2/c1-22-20(26)9-15-12-24-8-4-6-18(24)14-25(13-15)21(27)17-10-16-5-2-3-7-19(16)23-11-17/h2-8,10-11,15H,9,12-14H2,1H3,(H,22,26)/t15-/m1/s1. The van der Waals surface area contributed by atoms with Gasteiger partial charge < -0.3 is 14.8 Å². The molecule has 138 valence electrons. The molecule has 3 heterocycles. The average molecular weight is 362 g/mol. The number of para-hydroxylation sites is 1. The molecule has 6 heteroatoms. The number of amides is 2. The van der Waals surface area contributed by atoms with E-state index in [9.17, 15) is 9.59 Å². The first-order valence-electron chi connectivity index (χ1n) is 9.12. The number of hydrogen-bond donors (Lipinski definition) is 1. The highest BCUT2D eigenvalue weighted by Gasteiger charge is 2.27. The number of hydrogen-bond acceptors (Lipinski definition) is 3. The highest BCUT2D eigenvalue weighted by molar-refractivity contribution is 5.97. The number of fused-ring (bicyclic) bond motifs is 2. The van der Waals surface area contributed by atoms with Crippen LogP contribution in [0.4, 0.5) is 0 Å². The quantitative estimate of drug-likeness (QED) is 0.778. The second kappa shape index (κ2) is 7.23. The second-order valence-electron chi connectivity index (χ2n) is 7.00. The van der Waals surface area contributed by atoms with E-state index in [1.165, 1.54) is 0 Å². The third-order valence-corrected chi connectivity index (χ3v) is 5.09. The molecule has 1 aromatic carbocycles. The maximum Gasteiger partial charge on any atom is 0.255 e. The summed E-state index contributed by atoms with van der Waals surface area (Å²) in [6.45, 7) is 1.80. The Morgan fingerprint density at radius 3 is 2.89 bits per heavy atom. The molecule has 27 heavy (non-hydrogen) atoms. The molecule has 0 unspecified atom stereocenters. The highest BCUT2D eigenvalue weighted by atomic mass is 16.2. The van der Waals surface area contributed by atoms with Gasteiger partial charge in [0.1, 0.15) is 0 Å². The third kappa shape index (κ3) is 3.56. The van der Waals surface area contributed by atoms with E-state index < -0.39 is 0 Å². The van der Waals surface area contributed by atoms with E-state index in [1.807, 2.05) is 53.6 Å². The summed E-state index contributed by atoms with van der Waals surface area (Å²) in [4.78, 5) is 31.4. The van der Waals surface area contributed by atoms with Crippen LogP contribution in [0.15, 0.2) is 54.9 Å². The molecular formula is C21H22N4O2. The highest BCUT2D eigenvalue weighted by Crippen LogP contribution is 2.22. The molecule has 2 aromatic heterocycles. The largest absolute Gasteiger partial charge is 0.359 e. The zero-order valence-electron chi connectivity index (χ0n) is 15.3. The Balaban J connectivity index is 1.63. The summed E-state index contributed by atoms with van der Waals surface area (Å²) in [5.74, 6) is 0.0103. The van der Waals surface area contributed by atoms with Crippen LogP contribution >= 0.6 is 0 Å². The van der Waals surface area contributed by atoms with Crippen LogP contribution in [0.1, 0.15) is 22.5 Å². The molecule has 0 aliphatic carbocycles. The Morgan fingerprint density at radius 2 is 2.04 bits per heavy atom. The van der Waals surface area contributed by atoms with E-state index in [0.29, 0.717) is 25.1 Å². The first kappa shape index (κ1) is 17.3. The van der Waals surface area contributed by atoms with E-state index in [0.717, 1.165) is 23.1 Å². The van der Waals surface area contributed by atoms with E-state index in [2.05, 4.69) is 14.9 Å². The van der Waals surface area contributed by atoms with Crippen molar-refractivity contribution < 1.29 is 9.59 Å². The Morgan fingerprint density at radius 1 is 1.19 bits per heavy atom. The van der Waals surface area contributed by atoms with Gasteiger partial charge in [-0.2, -0.15) is 0 Å². The average Bonchev–Trinajstić information content (AvgIpc) is 3.05. The smallest absolute Gasteiger partial charge is 0.255 e. The van der Waals surface area contributed by atoms with Crippen LogP contribution in [-0.2, 0) is 17.9 Å². The lowest BCUT2D eigenvalue weighted by Crippen LogP contribution is -2.35. The third-order valence-electron chi connectivity index (χ3n) is 5.09. The predicted octanol–water partition coefficient (Wildman–Crippen LogP) is 2.44. The molecule has 1 N–H and O–H groups in total. The van der Waals surface area contributed by atoms with Crippen molar-refractivity contribution >= 4 is 22.7 Å². The topological polar surface area (TPSA) is 67.2 Å².